The van der Waals surface area contributed by atoms with E-state index in [0.29, 0.717) is 0 Å². The Balaban J connectivity index is 0.000000290. The van der Waals surface area contributed by atoms with Gasteiger partial charge in [0, 0.05) is 6.61 Å². The summed E-state index contributed by atoms with van der Waals surface area (Å²) in [6, 6.07) is 19.5. The summed E-state index contributed by atoms with van der Waals surface area (Å²) in [5.41, 5.74) is 0. The molecule has 0 spiro atoms. The zero-order valence-electron chi connectivity index (χ0n) is 15.3. The van der Waals surface area contributed by atoms with E-state index >= 15 is 0 Å². The van der Waals surface area contributed by atoms with Crippen molar-refractivity contribution in [3.8, 4) is 0 Å². The van der Waals surface area contributed by atoms with Crippen LogP contribution in [0.4, 0.5) is 0 Å². The van der Waals surface area contributed by atoms with Crippen molar-refractivity contribution < 1.29 is 22.9 Å². The van der Waals surface area contributed by atoms with Gasteiger partial charge >= 0.3 is 26.4 Å². The lowest BCUT2D eigenvalue weighted by Gasteiger charge is -2.30. The van der Waals surface area contributed by atoms with Crippen molar-refractivity contribution in [3.63, 3.8) is 0 Å². The third-order valence-electron chi connectivity index (χ3n) is 4.17. The van der Waals surface area contributed by atoms with Crippen LogP contribution in [-0.2, 0) is 8.54 Å². The topological polar surface area (TPSA) is 79.2 Å². The van der Waals surface area contributed by atoms with E-state index in [1.807, 2.05) is 60.7 Å². The molecule has 142 valence electrons. The van der Waals surface area contributed by atoms with Crippen molar-refractivity contribution in [2.45, 2.75) is 32.0 Å². The van der Waals surface area contributed by atoms with Crippen LogP contribution in [0, 0.1) is 0 Å². The van der Waals surface area contributed by atoms with Gasteiger partial charge in [-0.1, -0.05) is 60.7 Å². The van der Waals surface area contributed by atoms with Crippen LogP contribution >= 0.6 is 0 Å². The molecular formula is C18H28O5Si3. The van der Waals surface area contributed by atoms with Gasteiger partial charge in [-0.2, -0.15) is 0 Å². The molecule has 26 heavy (non-hydrogen) atoms. The zero-order valence-corrected chi connectivity index (χ0v) is 18.5. The molecule has 2 aromatic carbocycles. The van der Waals surface area contributed by atoms with Gasteiger partial charge in [-0.3, -0.25) is 0 Å². The monoisotopic (exact) mass is 408 g/mol. The molecule has 0 radical (unpaired) electrons. The maximum Gasteiger partial charge on any atom is 0.358 e. The number of rotatable bonds is 4. The fourth-order valence-electron chi connectivity index (χ4n) is 2.72. The van der Waals surface area contributed by atoms with Crippen molar-refractivity contribution in [2.75, 3.05) is 6.61 Å². The summed E-state index contributed by atoms with van der Waals surface area (Å²) in [4.78, 5) is 30.0. The normalized spacial score (nSPS) is 21.7. The molecule has 1 saturated heterocycles. The van der Waals surface area contributed by atoms with E-state index in [2.05, 4.69) is 0 Å². The fourth-order valence-corrected chi connectivity index (χ4v) is 9.63. The van der Waals surface area contributed by atoms with E-state index in [1.165, 1.54) is 6.42 Å². The minimum Gasteiger partial charge on any atom is -0.413 e. The largest absolute Gasteiger partial charge is 0.413 e. The molecule has 1 aliphatic rings. The molecular weight excluding hydrogens is 380 g/mol. The molecule has 3 rings (SSSR count). The molecule has 0 bridgehead atoms. The number of hydrogen-bond acceptors (Lipinski definition) is 5. The minimum absolute atomic E-state index is 0.763. The van der Waals surface area contributed by atoms with Gasteiger partial charge in [0.2, 0.25) is 0 Å². The molecule has 2 aromatic rings. The van der Waals surface area contributed by atoms with Crippen LogP contribution in [0.2, 0.25) is 19.1 Å². The van der Waals surface area contributed by atoms with E-state index in [4.69, 9.17) is 13.3 Å². The second-order valence-electron chi connectivity index (χ2n) is 6.62. The summed E-state index contributed by atoms with van der Waals surface area (Å²) >= 11 is 0. The fraction of sp³-hybridized carbons (Fsp3) is 0.333. The summed E-state index contributed by atoms with van der Waals surface area (Å²) in [5, 5.41) is 1.53. The summed E-state index contributed by atoms with van der Waals surface area (Å²) in [6.45, 7) is 4.17. The predicted molar refractivity (Wildman–Crippen MR) is 110 cm³/mol. The quantitative estimate of drug-likeness (QED) is 0.657. The molecule has 3 unspecified atom stereocenters. The van der Waals surface area contributed by atoms with Crippen molar-refractivity contribution in [3.05, 3.63) is 60.7 Å². The first-order chi connectivity index (χ1) is 12.3. The molecule has 0 aromatic heterocycles. The Bertz CT molecular complexity index is 597. The highest BCUT2D eigenvalue weighted by Gasteiger charge is 2.41. The van der Waals surface area contributed by atoms with Crippen LogP contribution in [0.15, 0.2) is 60.7 Å². The van der Waals surface area contributed by atoms with Crippen molar-refractivity contribution >= 4 is 36.8 Å². The number of benzene rings is 2. The Labute approximate surface area is 159 Å². The van der Waals surface area contributed by atoms with Crippen LogP contribution < -0.4 is 10.4 Å². The van der Waals surface area contributed by atoms with E-state index in [1.54, 1.807) is 13.1 Å². The summed E-state index contributed by atoms with van der Waals surface area (Å²) in [5.74, 6) is 0. The third-order valence-corrected chi connectivity index (χ3v) is 11.7. The summed E-state index contributed by atoms with van der Waals surface area (Å²) in [7, 11) is -7.77. The Morgan fingerprint density at radius 1 is 0.846 bits per heavy atom. The Hall–Kier alpha value is -1.11. The molecule has 8 heteroatoms. The second kappa shape index (κ2) is 9.72. The Morgan fingerprint density at radius 3 is 1.62 bits per heavy atom. The molecule has 0 amide bonds. The maximum absolute atomic E-state index is 10.6. The predicted octanol–water partition coefficient (Wildman–Crippen LogP) is 0.956. The highest BCUT2D eigenvalue weighted by atomic mass is 28.5. The molecule has 1 aliphatic heterocycles. The standard InChI is InChI=1S/C14H18O3Si2.C4H10O2Si/c1-18(15,13-9-5-3-6-10-13)17-19(2,16)14-11-7-4-8-12-14;5-7-4-2-1-3-6-7/h3-12,15-16H,1-2H3;5,7H,1-4H2. The van der Waals surface area contributed by atoms with Crippen molar-refractivity contribution in [1.82, 2.24) is 0 Å². The van der Waals surface area contributed by atoms with Gasteiger partial charge in [-0.15, -0.1) is 0 Å². The first kappa shape index (κ1) is 21.2. The molecule has 1 heterocycles. The van der Waals surface area contributed by atoms with E-state index in [-0.39, 0.29) is 0 Å². The lowest BCUT2D eigenvalue weighted by atomic mass is 10.4. The third kappa shape index (κ3) is 6.56. The van der Waals surface area contributed by atoms with Gasteiger partial charge < -0.3 is 22.9 Å². The SMILES string of the molecule is C[Si](O)(O[Si](C)(O)c1ccccc1)c1ccccc1.O[SiH]1CCCCO1. The highest BCUT2D eigenvalue weighted by molar-refractivity contribution is 6.91. The van der Waals surface area contributed by atoms with Gasteiger partial charge in [-0.25, -0.2) is 0 Å². The summed E-state index contributed by atoms with van der Waals surface area (Å²) in [6.07, 6.45) is 2.32. The Kier molecular flexibility index (Phi) is 7.92. The average Bonchev–Trinajstić information content (AvgIpc) is 2.64. The Morgan fingerprint density at radius 2 is 1.31 bits per heavy atom. The van der Waals surface area contributed by atoms with Gasteiger partial charge in [0.05, 0.1) is 0 Å². The van der Waals surface area contributed by atoms with Crippen molar-refractivity contribution in [1.29, 1.82) is 0 Å². The number of hydrogen-bond donors (Lipinski definition) is 3. The summed E-state index contributed by atoms with van der Waals surface area (Å²) < 4.78 is 10.8. The second-order valence-corrected chi connectivity index (χ2v) is 14.3. The highest BCUT2D eigenvalue weighted by Crippen LogP contribution is 2.11. The van der Waals surface area contributed by atoms with Crippen LogP contribution in [-0.4, -0.2) is 47.4 Å². The maximum atomic E-state index is 10.6. The average molecular weight is 409 g/mol. The van der Waals surface area contributed by atoms with Gasteiger partial charge in [0.15, 0.2) is 0 Å². The molecule has 3 N–H and O–H groups in total. The van der Waals surface area contributed by atoms with E-state index in [0.717, 1.165) is 29.4 Å². The minimum atomic E-state index is -3.09. The van der Waals surface area contributed by atoms with E-state index in [9.17, 15) is 9.59 Å². The molecule has 0 saturated carbocycles. The van der Waals surface area contributed by atoms with Crippen LogP contribution in [0.5, 0.6) is 0 Å². The molecule has 3 atom stereocenters. The molecule has 5 nitrogen and oxygen atoms in total. The van der Waals surface area contributed by atoms with Crippen LogP contribution in [0.25, 0.3) is 0 Å². The lowest BCUT2D eigenvalue weighted by molar-refractivity contribution is 0.231. The van der Waals surface area contributed by atoms with Crippen molar-refractivity contribution in [2.24, 2.45) is 0 Å². The van der Waals surface area contributed by atoms with E-state index < -0.39 is 26.4 Å². The van der Waals surface area contributed by atoms with Gasteiger partial charge in [-0.05, 0) is 42.4 Å². The first-order valence-corrected chi connectivity index (χ1v) is 15.4. The van der Waals surface area contributed by atoms with Gasteiger partial charge in [0.1, 0.15) is 0 Å². The first-order valence-electron chi connectivity index (χ1n) is 8.87. The zero-order chi connectivity index (χ0) is 19.0. The smallest absolute Gasteiger partial charge is 0.358 e. The lowest BCUT2D eigenvalue weighted by Crippen LogP contribution is -2.61. The van der Waals surface area contributed by atoms with Crippen LogP contribution in [0.1, 0.15) is 12.8 Å². The molecule has 0 aliphatic carbocycles. The molecule has 1 fully saturated rings. The van der Waals surface area contributed by atoms with Crippen LogP contribution in [0.3, 0.4) is 0 Å². The van der Waals surface area contributed by atoms with Gasteiger partial charge in [0.25, 0.3) is 0 Å².